The van der Waals surface area contributed by atoms with Crippen molar-refractivity contribution in [1.82, 2.24) is 10.2 Å². The summed E-state index contributed by atoms with van der Waals surface area (Å²) in [5.74, 6) is -0.950. The zero-order valence-corrected chi connectivity index (χ0v) is 33.9. The first kappa shape index (κ1) is 43.4. The molecule has 3 amide bonds. The molecule has 4 atom stereocenters. The molecule has 1 unspecified atom stereocenters. The standard InChI is InChI=1S/C42H62FN3O10/c1-26(51-5)25-53-20-7-21-54-40(49)36-23-30-22-31(14-17-35(30)55-36)44-38(47)37-33(27-12-15-32(52-6)16-13-27)18-19-46(37)39(48)29-10-8-28(9-11-29)34(24-43)45-41(50)56-42(2,3)4/h14,17,22-23,26-29,32-34,37H,7-13,15-16,18-21,24-25H2,1-6H3,(H,44,47)(H,45,50)/t26?,27?,28?,29?,32?,33-,34+,37-/m0/s1. The molecule has 0 spiro atoms. The van der Waals surface area contributed by atoms with E-state index in [1.807, 2.05) is 6.92 Å². The number of fused-ring (bicyclic) bond motifs is 1. The highest BCUT2D eigenvalue weighted by Crippen LogP contribution is 2.42. The van der Waals surface area contributed by atoms with Gasteiger partial charge in [-0.1, -0.05) is 0 Å². The van der Waals surface area contributed by atoms with Crippen LogP contribution in [0.3, 0.4) is 0 Å². The van der Waals surface area contributed by atoms with Gasteiger partial charge in [-0.25, -0.2) is 14.0 Å². The molecule has 1 aromatic heterocycles. The Balaban J connectivity index is 1.23. The summed E-state index contributed by atoms with van der Waals surface area (Å²) in [6.07, 6.45) is 6.76. The highest BCUT2D eigenvalue weighted by atomic mass is 19.1. The molecule has 0 bridgehead atoms. The molecule has 2 saturated carbocycles. The summed E-state index contributed by atoms with van der Waals surface area (Å²) in [5, 5.41) is 6.41. The van der Waals surface area contributed by atoms with Crippen LogP contribution in [0, 0.1) is 23.7 Å². The van der Waals surface area contributed by atoms with Gasteiger partial charge >= 0.3 is 12.1 Å². The first-order valence-electron chi connectivity index (χ1n) is 20.3. The normalized spacial score (nSPS) is 25.4. The molecule has 312 valence electrons. The Bertz CT molecular complexity index is 1610. The van der Waals surface area contributed by atoms with Crippen molar-refractivity contribution < 1.29 is 51.7 Å². The molecular formula is C42H62FN3O10. The van der Waals surface area contributed by atoms with E-state index in [0.717, 1.165) is 32.1 Å². The van der Waals surface area contributed by atoms with E-state index >= 15 is 0 Å². The molecule has 1 aromatic carbocycles. The van der Waals surface area contributed by atoms with Crippen LogP contribution in [0.1, 0.15) is 102 Å². The third kappa shape index (κ3) is 11.7. The number of methoxy groups -OCH3 is 2. The number of ether oxygens (including phenoxy) is 5. The predicted octanol–water partition coefficient (Wildman–Crippen LogP) is 7.06. The van der Waals surface area contributed by atoms with Gasteiger partial charge in [0, 0.05) is 50.8 Å². The number of rotatable bonds is 16. The van der Waals surface area contributed by atoms with Crippen molar-refractivity contribution in [3.05, 3.63) is 30.0 Å². The van der Waals surface area contributed by atoms with Crippen LogP contribution in [0.25, 0.3) is 11.0 Å². The van der Waals surface area contributed by atoms with E-state index < -0.39 is 36.4 Å². The van der Waals surface area contributed by atoms with Gasteiger partial charge in [0.15, 0.2) is 0 Å². The summed E-state index contributed by atoms with van der Waals surface area (Å²) in [7, 11) is 3.36. The zero-order valence-electron chi connectivity index (χ0n) is 33.9. The lowest BCUT2D eigenvalue weighted by molar-refractivity contribution is -0.142. The summed E-state index contributed by atoms with van der Waals surface area (Å²) < 4.78 is 46.9. The first-order valence-corrected chi connectivity index (χ1v) is 20.3. The van der Waals surface area contributed by atoms with E-state index in [2.05, 4.69) is 10.6 Å². The van der Waals surface area contributed by atoms with E-state index in [0.29, 0.717) is 68.5 Å². The molecule has 3 aliphatic rings. The number of hydrogen-bond acceptors (Lipinski definition) is 10. The summed E-state index contributed by atoms with van der Waals surface area (Å²) >= 11 is 0. The van der Waals surface area contributed by atoms with E-state index in [9.17, 15) is 23.6 Å². The largest absolute Gasteiger partial charge is 0.460 e. The fourth-order valence-electron chi connectivity index (χ4n) is 8.54. The number of likely N-dealkylation sites (tertiary alicyclic amines) is 1. The van der Waals surface area contributed by atoms with Crippen LogP contribution >= 0.6 is 0 Å². The number of anilines is 1. The van der Waals surface area contributed by atoms with Gasteiger partial charge in [-0.15, -0.1) is 0 Å². The maximum atomic E-state index is 14.3. The number of nitrogens with zero attached hydrogens (tertiary/aromatic N) is 1. The predicted molar refractivity (Wildman–Crippen MR) is 208 cm³/mol. The lowest BCUT2D eigenvalue weighted by Gasteiger charge is -2.38. The SMILES string of the molecule is COC(C)COCCCOC(=O)c1cc2cc(NC(=O)[C@@H]3[C@H](C4CCC(OC)CC4)CCN3C(=O)C3CCC([C@@H](CF)NC(=O)OC(C)(C)C)CC3)ccc2o1. The van der Waals surface area contributed by atoms with Crippen molar-refractivity contribution in [3.63, 3.8) is 0 Å². The van der Waals surface area contributed by atoms with Crippen LogP contribution in [-0.2, 0) is 33.3 Å². The number of carbonyl (C=O) groups is 4. The Morgan fingerprint density at radius 3 is 2.36 bits per heavy atom. The van der Waals surface area contributed by atoms with Crippen molar-refractivity contribution >= 4 is 40.5 Å². The van der Waals surface area contributed by atoms with Crippen molar-refractivity contribution in [2.24, 2.45) is 23.7 Å². The molecule has 5 rings (SSSR count). The number of alkyl carbamates (subject to hydrolysis) is 1. The number of alkyl halides is 1. The summed E-state index contributed by atoms with van der Waals surface area (Å²) in [5.41, 5.74) is 0.311. The molecule has 3 fully saturated rings. The third-order valence-corrected chi connectivity index (χ3v) is 11.6. The topological polar surface area (TPSA) is 155 Å². The summed E-state index contributed by atoms with van der Waals surface area (Å²) in [6.45, 7) is 8.02. The Kier molecular flexibility index (Phi) is 15.6. The van der Waals surface area contributed by atoms with Gasteiger partial charge in [-0.05, 0) is 128 Å². The van der Waals surface area contributed by atoms with E-state index in [1.54, 1.807) is 64.2 Å². The highest BCUT2D eigenvalue weighted by molar-refractivity contribution is 6.00. The van der Waals surface area contributed by atoms with Crippen LogP contribution in [0.2, 0.25) is 0 Å². The minimum Gasteiger partial charge on any atom is -0.460 e. The lowest BCUT2D eigenvalue weighted by atomic mass is 9.75. The second kappa shape index (κ2) is 20.1. The fourth-order valence-corrected chi connectivity index (χ4v) is 8.54. The minimum absolute atomic E-state index is 0.00477. The van der Waals surface area contributed by atoms with E-state index in [-0.39, 0.29) is 60.1 Å². The highest BCUT2D eigenvalue weighted by Gasteiger charge is 2.47. The zero-order chi connectivity index (χ0) is 40.4. The van der Waals surface area contributed by atoms with Crippen LogP contribution < -0.4 is 10.6 Å². The fraction of sp³-hybridized carbons (Fsp3) is 0.714. The maximum Gasteiger partial charge on any atom is 0.407 e. The monoisotopic (exact) mass is 787 g/mol. The van der Waals surface area contributed by atoms with Gasteiger partial charge in [0.1, 0.15) is 23.9 Å². The summed E-state index contributed by atoms with van der Waals surface area (Å²) in [6, 6.07) is 5.45. The second-order valence-corrected chi connectivity index (χ2v) is 16.7. The Hall–Kier alpha value is -3.75. The van der Waals surface area contributed by atoms with Crippen molar-refractivity contribution in [3.8, 4) is 0 Å². The summed E-state index contributed by atoms with van der Waals surface area (Å²) in [4.78, 5) is 55.5. The number of esters is 1. The molecule has 56 heavy (non-hydrogen) atoms. The molecule has 2 heterocycles. The number of amides is 3. The molecule has 1 saturated heterocycles. The van der Waals surface area contributed by atoms with E-state index in [4.69, 9.17) is 28.1 Å². The number of nitrogens with one attached hydrogen (secondary N) is 2. The van der Waals surface area contributed by atoms with Gasteiger partial charge in [-0.2, -0.15) is 0 Å². The number of halogens is 1. The van der Waals surface area contributed by atoms with Gasteiger partial charge in [-0.3, -0.25) is 9.59 Å². The Labute approximate surface area is 330 Å². The quantitative estimate of drug-likeness (QED) is 0.134. The van der Waals surface area contributed by atoms with E-state index in [1.165, 1.54) is 0 Å². The number of hydrogen-bond donors (Lipinski definition) is 2. The maximum absolute atomic E-state index is 14.3. The van der Waals surface area contributed by atoms with Crippen molar-refractivity contribution in [2.45, 2.75) is 122 Å². The number of carbonyl (C=O) groups excluding carboxylic acids is 4. The molecule has 1 aliphatic heterocycles. The van der Waals surface area contributed by atoms with Crippen LogP contribution in [0.5, 0.6) is 0 Å². The van der Waals surface area contributed by atoms with Gasteiger partial charge < -0.3 is 43.6 Å². The van der Waals surface area contributed by atoms with Crippen molar-refractivity contribution in [2.75, 3.05) is 52.6 Å². The molecule has 0 radical (unpaired) electrons. The number of furan rings is 1. The third-order valence-electron chi connectivity index (χ3n) is 11.6. The Morgan fingerprint density at radius 2 is 1.70 bits per heavy atom. The lowest BCUT2D eigenvalue weighted by Crippen LogP contribution is -2.50. The molecular weight excluding hydrogens is 725 g/mol. The molecule has 14 heteroatoms. The first-order chi connectivity index (χ1) is 26.8. The molecule has 2 aliphatic carbocycles. The smallest absolute Gasteiger partial charge is 0.407 e. The molecule has 2 aromatic rings. The van der Waals surface area contributed by atoms with Crippen LogP contribution in [0.15, 0.2) is 28.7 Å². The second-order valence-electron chi connectivity index (χ2n) is 16.7. The van der Waals surface area contributed by atoms with Crippen LogP contribution in [0.4, 0.5) is 14.9 Å². The average molecular weight is 788 g/mol. The van der Waals surface area contributed by atoms with Gasteiger partial charge in [0.25, 0.3) is 0 Å². The Morgan fingerprint density at radius 1 is 0.964 bits per heavy atom. The van der Waals surface area contributed by atoms with Crippen molar-refractivity contribution in [1.29, 1.82) is 0 Å². The van der Waals surface area contributed by atoms with Gasteiger partial charge in [0.05, 0.1) is 31.5 Å². The van der Waals surface area contributed by atoms with Crippen LogP contribution in [-0.4, -0.2) is 106 Å². The molecule has 2 N–H and O–H groups in total. The molecule has 13 nitrogen and oxygen atoms in total. The van der Waals surface area contributed by atoms with Gasteiger partial charge in [0.2, 0.25) is 17.6 Å². The minimum atomic E-state index is -0.717. The number of benzene rings is 1. The average Bonchev–Trinajstić information content (AvgIpc) is 3.82.